The fourth-order valence-electron chi connectivity index (χ4n) is 2.34. The predicted molar refractivity (Wildman–Crippen MR) is 89.1 cm³/mol. The van der Waals surface area contributed by atoms with Gasteiger partial charge in [-0.2, -0.15) is 0 Å². The molecule has 3 rings (SSSR count). The minimum atomic E-state index is -0.168. The van der Waals surface area contributed by atoms with Gasteiger partial charge in [0.2, 0.25) is 0 Å². The third-order valence-electron chi connectivity index (χ3n) is 3.38. The second-order valence-corrected chi connectivity index (χ2v) is 6.07. The molecule has 0 radical (unpaired) electrons. The van der Waals surface area contributed by atoms with Gasteiger partial charge in [-0.1, -0.05) is 46.2 Å². The Labute approximate surface area is 136 Å². The number of aryl methyl sites for hydroxylation is 1. The van der Waals surface area contributed by atoms with Crippen molar-refractivity contribution in [2.24, 2.45) is 0 Å². The third kappa shape index (κ3) is 2.34. The van der Waals surface area contributed by atoms with Crippen LogP contribution < -0.4 is 10.2 Å². The normalized spacial score (nSPS) is 14.0. The molecule has 0 spiro atoms. The molecule has 0 aliphatic carbocycles. The molecule has 0 aromatic heterocycles. The molecule has 1 heterocycles. The van der Waals surface area contributed by atoms with Gasteiger partial charge in [0.05, 0.1) is 22.0 Å². The average molecular weight is 364 g/mol. The summed E-state index contributed by atoms with van der Waals surface area (Å²) >= 11 is 9.75. The molecular weight excluding hydrogens is 352 g/mol. The second kappa shape index (κ2) is 5.20. The molecule has 1 aliphatic rings. The molecule has 0 atom stereocenters. The molecule has 0 saturated heterocycles. The molecule has 0 saturated carbocycles. The van der Waals surface area contributed by atoms with Gasteiger partial charge in [-0.05, 0) is 36.8 Å². The van der Waals surface area contributed by atoms with Crippen LogP contribution in [0.5, 0.6) is 0 Å². The predicted octanol–water partition coefficient (Wildman–Crippen LogP) is 4.76. The quantitative estimate of drug-likeness (QED) is 0.792. The highest BCUT2D eigenvalue weighted by molar-refractivity contribution is 9.10. The van der Waals surface area contributed by atoms with Crippen molar-refractivity contribution in [3.05, 3.63) is 69.4 Å². The molecule has 0 unspecified atom stereocenters. The van der Waals surface area contributed by atoms with Gasteiger partial charge in [0.1, 0.15) is 5.82 Å². The first kappa shape index (κ1) is 14.2. The SMILES string of the molecule is C=C1NC(=O)c2cc(Br)c(C)cc2N1c1ccccc1Cl. The van der Waals surface area contributed by atoms with E-state index in [1.807, 2.05) is 48.2 Å². The van der Waals surface area contributed by atoms with E-state index in [-0.39, 0.29) is 5.91 Å². The van der Waals surface area contributed by atoms with Crippen molar-refractivity contribution in [1.82, 2.24) is 5.32 Å². The van der Waals surface area contributed by atoms with Crippen molar-refractivity contribution in [3.63, 3.8) is 0 Å². The van der Waals surface area contributed by atoms with E-state index in [2.05, 4.69) is 27.8 Å². The number of carbonyl (C=O) groups is 1. The van der Waals surface area contributed by atoms with E-state index < -0.39 is 0 Å². The zero-order chi connectivity index (χ0) is 15.1. The van der Waals surface area contributed by atoms with E-state index in [0.29, 0.717) is 16.4 Å². The molecule has 21 heavy (non-hydrogen) atoms. The van der Waals surface area contributed by atoms with Gasteiger partial charge in [-0.15, -0.1) is 0 Å². The standard InChI is InChI=1S/C16H12BrClN2O/c1-9-7-15-11(8-12(9)17)16(21)19-10(2)20(15)14-6-4-3-5-13(14)18/h3-8H,2H2,1H3,(H,19,21). The molecule has 2 aromatic rings. The Bertz CT molecular complexity index is 773. The van der Waals surface area contributed by atoms with Crippen LogP contribution >= 0.6 is 27.5 Å². The first-order valence-electron chi connectivity index (χ1n) is 6.34. The number of amides is 1. The maximum atomic E-state index is 12.2. The van der Waals surface area contributed by atoms with Crippen LogP contribution in [0.15, 0.2) is 53.3 Å². The summed E-state index contributed by atoms with van der Waals surface area (Å²) in [6, 6.07) is 11.2. The molecule has 0 bridgehead atoms. The van der Waals surface area contributed by atoms with Crippen LogP contribution in [0.1, 0.15) is 15.9 Å². The van der Waals surface area contributed by atoms with Crippen LogP contribution in [-0.2, 0) is 0 Å². The minimum Gasteiger partial charge on any atom is -0.308 e. The zero-order valence-electron chi connectivity index (χ0n) is 11.3. The molecule has 3 nitrogen and oxygen atoms in total. The summed E-state index contributed by atoms with van der Waals surface area (Å²) in [5.74, 6) is 0.321. The average Bonchev–Trinajstić information content (AvgIpc) is 2.43. The van der Waals surface area contributed by atoms with Gasteiger partial charge in [0.15, 0.2) is 0 Å². The number of halogens is 2. The van der Waals surface area contributed by atoms with E-state index in [4.69, 9.17) is 11.6 Å². The Morgan fingerprint density at radius 2 is 1.95 bits per heavy atom. The van der Waals surface area contributed by atoms with E-state index in [1.165, 1.54) is 0 Å². The summed E-state index contributed by atoms with van der Waals surface area (Å²) in [6.07, 6.45) is 0. The molecule has 2 aromatic carbocycles. The molecule has 106 valence electrons. The molecule has 1 amide bonds. The number of fused-ring (bicyclic) bond motifs is 1. The molecule has 1 N–H and O–H groups in total. The number of para-hydroxylation sites is 1. The van der Waals surface area contributed by atoms with Gasteiger partial charge >= 0.3 is 0 Å². The lowest BCUT2D eigenvalue weighted by atomic mass is 10.0. The lowest BCUT2D eigenvalue weighted by Crippen LogP contribution is -2.38. The van der Waals surface area contributed by atoms with Crippen LogP contribution in [0, 0.1) is 6.92 Å². The maximum absolute atomic E-state index is 12.2. The van der Waals surface area contributed by atoms with Crippen molar-refractivity contribution in [2.75, 3.05) is 4.90 Å². The highest BCUT2D eigenvalue weighted by Crippen LogP contribution is 2.40. The number of anilines is 2. The van der Waals surface area contributed by atoms with Crippen LogP contribution in [0.4, 0.5) is 11.4 Å². The zero-order valence-corrected chi connectivity index (χ0v) is 13.6. The van der Waals surface area contributed by atoms with Crippen molar-refractivity contribution < 1.29 is 4.79 Å². The van der Waals surface area contributed by atoms with Gasteiger partial charge < -0.3 is 5.32 Å². The fraction of sp³-hybridized carbons (Fsp3) is 0.0625. The minimum absolute atomic E-state index is 0.168. The lowest BCUT2D eigenvalue weighted by molar-refractivity contribution is 0.0962. The van der Waals surface area contributed by atoms with Crippen molar-refractivity contribution >= 4 is 44.8 Å². The second-order valence-electron chi connectivity index (χ2n) is 4.81. The van der Waals surface area contributed by atoms with E-state index in [1.54, 1.807) is 0 Å². The largest absolute Gasteiger partial charge is 0.308 e. The van der Waals surface area contributed by atoms with Gasteiger partial charge in [0, 0.05) is 4.47 Å². The Hall–Kier alpha value is -1.78. The number of hydrogen-bond acceptors (Lipinski definition) is 2. The number of rotatable bonds is 1. The van der Waals surface area contributed by atoms with Gasteiger partial charge in [-0.25, -0.2) is 0 Å². The first-order valence-corrected chi connectivity index (χ1v) is 7.51. The number of hydrogen-bond donors (Lipinski definition) is 1. The Morgan fingerprint density at radius 1 is 1.24 bits per heavy atom. The number of nitrogens with one attached hydrogen (secondary N) is 1. The molecule has 1 aliphatic heterocycles. The summed E-state index contributed by atoms with van der Waals surface area (Å²) in [5.41, 5.74) is 3.18. The number of benzene rings is 2. The van der Waals surface area contributed by atoms with Gasteiger partial charge in [-0.3, -0.25) is 9.69 Å². The van der Waals surface area contributed by atoms with E-state index >= 15 is 0 Å². The van der Waals surface area contributed by atoms with E-state index in [9.17, 15) is 4.79 Å². The summed E-state index contributed by atoms with van der Waals surface area (Å²) < 4.78 is 0.892. The Kier molecular flexibility index (Phi) is 3.51. The third-order valence-corrected chi connectivity index (χ3v) is 4.56. The Morgan fingerprint density at radius 3 is 2.67 bits per heavy atom. The first-order chi connectivity index (χ1) is 9.99. The highest BCUT2D eigenvalue weighted by atomic mass is 79.9. The van der Waals surface area contributed by atoms with Crippen LogP contribution in [-0.4, -0.2) is 5.91 Å². The summed E-state index contributed by atoms with van der Waals surface area (Å²) in [6.45, 7) is 5.91. The summed E-state index contributed by atoms with van der Waals surface area (Å²) in [4.78, 5) is 14.0. The Balaban J connectivity index is 2.26. The summed E-state index contributed by atoms with van der Waals surface area (Å²) in [7, 11) is 0. The van der Waals surface area contributed by atoms with Crippen molar-refractivity contribution in [2.45, 2.75) is 6.92 Å². The smallest absolute Gasteiger partial charge is 0.258 e. The fourth-order valence-corrected chi connectivity index (χ4v) is 2.90. The van der Waals surface area contributed by atoms with Gasteiger partial charge in [0.25, 0.3) is 5.91 Å². The summed E-state index contributed by atoms with van der Waals surface area (Å²) in [5, 5.41) is 3.37. The lowest BCUT2D eigenvalue weighted by Gasteiger charge is -2.33. The molecule has 5 heteroatoms. The monoisotopic (exact) mass is 362 g/mol. The van der Waals surface area contributed by atoms with Crippen molar-refractivity contribution in [1.29, 1.82) is 0 Å². The van der Waals surface area contributed by atoms with E-state index in [0.717, 1.165) is 21.4 Å². The number of carbonyl (C=O) groups excluding carboxylic acids is 1. The highest BCUT2D eigenvalue weighted by Gasteiger charge is 2.28. The molecule has 0 fully saturated rings. The van der Waals surface area contributed by atoms with Crippen LogP contribution in [0.2, 0.25) is 5.02 Å². The number of nitrogens with zero attached hydrogens (tertiary/aromatic N) is 1. The topological polar surface area (TPSA) is 32.3 Å². The van der Waals surface area contributed by atoms with Crippen LogP contribution in [0.3, 0.4) is 0 Å². The van der Waals surface area contributed by atoms with Crippen molar-refractivity contribution in [3.8, 4) is 0 Å². The maximum Gasteiger partial charge on any atom is 0.258 e. The molecular formula is C16H12BrClN2O. The van der Waals surface area contributed by atoms with Crippen LogP contribution in [0.25, 0.3) is 0 Å².